The summed E-state index contributed by atoms with van der Waals surface area (Å²) >= 11 is 5.94. The number of aryl methyl sites for hydroxylation is 1. The van der Waals surface area contributed by atoms with Gasteiger partial charge in [-0.3, -0.25) is 9.59 Å². The summed E-state index contributed by atoms with van der Waals surface area (Å²) in [6.45, 7) is 1.51. The molecular weight excluding hydrogens is 370 g/mol. The van der Waals surface area contributed by atoms with Crippen molar-refractivity contribution in [2.24, 2.45) is 0 Å². The van der Waals surface area contributed by atoms with Crippen LogP contribution in [0.4, 0.5) is 5.69 Å². The van der Waals surface area contributed by atoms with Crippen LogP contribution in [0.25, 0.3) is 0 Å². The van der Waals surface area contributed by atoms with Gasteiger partial charge in [0.05, 0.1) is 19.9 Å². The monoisotopic (exact) mass is 391 g/mol. The number of carbonyl (C=O) groups excluding carboxylic acids is 2. The van der Waals surface area contributed by atoms with Crippen molar-refractivity contribution in [3.8, 4) is 11.5 Å². The molecule has 1 amide bonds. The predicted octanol–water partition coefficient (Wildman–Crippen LogP) is 3.86. The summed E-state index contributed by atoms with van der Waals surface area (Å²) in [6.07, 6.45) is -0.263. The molecule has 0 aliphatic carbocycles. The zero-order chi connectivity index (χ0) is 19.8. The van der Waals surface area contributed by atoms with E-state index in [2.05, 4.69) is 5.32 Å². The Morgan fingerprint density at radius 1 is 1.07 bits per heavy atom. The number of nitrogens with one attached hydrogen (secondary N) is 1. The summed E-state index contributed by atoms with van der Waals surface area (Å²) in [5, 5.41) is 3.11. The Bertz CT molecular complexity index is 791. The number of ether oxygens (including phenoxy) is 3. The Labute approximate surface area is 163 Å². The van der Waals surface area contributed by atoms with E-state index in [9.17, 15) is 9.59 Å². The first-order valence-electron chi connectivity index (χ1n) is 8.39. The second-order valence-corrected chi connectivity index (χ2v) is 6.25. The molecule has 0 fully saturated rings. The molecule has 2 aromatic rings. The highest BCUT2D eigenvalue weighted by Gasteiger charge is 2.19. The molecule has 0 aromatic heterocycles. The van der Waals surface area contributed by atoms with E-state index >= 15 is 0 Å². The second kappa shape index (κ2) is 9.83. The average Bonchev–Trinajstić information content (AvgIpc) is 2.67. The van der Waals surface area contributed by atoms with Gasteiger partial charge in [-0.1, -0.05) is 23.7 Å². The quantitative estimate of drug-likeness (QED) is 0.691. The van der Waals surface area contributed by atoms with Crippen molar-refractivity contribution >= 4 is 29.2 Å². The molecule has 0 saturated carbocycles. The number of hydrogen-bond acceptors (Lipinski definition) is 5. The Kier molecular flexibility index (Phi) is 7.49. The zero-order valence-electron chi connectivity index (χ0n) is 15.5. The average molecular weight is 392 g/mol. The SMILES string of the molecule is COc1ccc(CCC(=O)OC(C)C(=O)Nc2cc(Cl)ccc2OC)cc1. The molecule has 0 heterocycles. The van der Waals surface area contributed by atoms with Crippen LogP contribution in [0.15, 0.2) is 42.5 Å². The van der Waals surface area contributed by atoms with Gasteiger partial charge in [0.25, 0.3) is 5.91 Å². The minimum atomic E-state index is -0.947. The van der Waals surface area contributed by atoms with Crippen molar-refractivity contribution in [3.05, 3.63) is 53.1 Å². The molecule has 6 nitrogen and oxygen atoms in total. The number of hydrogen-bond donors (Lipinski definition) is 1. The molecule has 2 aromatic carbocycles. The Morgan fingerprint density at radius 3 is 2.41 bits per heavy atom. The number of benzene rings is 2. The maximum Gasteiger partial charge on any atom is 0.306 e. The van der Waals surface area contributed by atoms with Gasteiger partial charge < -0.3 is 19.5 Å². The van der Waals surface area contributed by atoms with Gasteiger partial charge in [0.1, 0.15) is 11.5 Å². The van der Waals surface area contributed by atoms with E-state index in [4.69, 9.17) is 25.8 Å². The molecule has 1 unspecified atom stereocenters. The maximum absolute atomic E-state index is 12.3. The molecule has 0 aliphatic heterocycles. The molecule has 0 saturated heterocycles. The highest BCUT2D eigenvalue weighted by atomic mass is 35.5. The van der Waals surface area contributed by atoms with Crippen molar-refractivity contribution in [2.45, 2.75) is 25.9 Å². The number of anilines is 1. The summed E-state index contributed by atoms with van der Waals surface area (Å²) in [5.41, 5.74) is 1.39. The molecule has 7 heteroatoms. The zero-order valence-corrected chi connectivity index (χ0v) is 16.2. The second-order valence-electron chi connectivity index (χ2n) is 5.81. The van der Waals surface area contributed by atoms with Gasteiger partial charge in [-0.25, -0.2) is 0 Å². The lowest BCUT2D eigenvalue weighted by atomic mass is 10.1. The van der Waals surface area contributed by atoms with Crippen molar-refractivity contribution in [3.63, 3.8) is 0 Å². The van der Waals surface area contributed by atoms with E-state index in [1.54, 1.807) is 25.3 Å². The van der Waals surface area contributed by atoms with E-state index in [1.165, 1.54) is 14.0 Å². The van der Waals surface area contributed by atoms with Gasteiger partial charge in [-0.2, -0.15) is 0 Å². The van der Waals surface area contributed by atoms with Gasteiger partial charge in [0.15, 0.2) is 6.10 Å². The fraction of sp³-hybridized carbons (Fsp3) is 0.300. The third-order valence-corrected chi connectivity index (χ3v) is 4.11. The van der Waals surface area contributed by atoms with E-state index in [-0.39, 0.29) is 6.42 Å². The lowest BCUT2D eigenvalue weighted by molar-refractivity contribution is -0.153. The molecule has 1 atom stereocenters. The number of methoxy groups -OCH3 is 2. The molecule has 2 rings (SSSR count). The lowest BCUT2D eigenvalue weighted by Gasteiger charge is -2.15. The van der Waals surface area contributed by atoms with Gasteiger partial charge >= 0.3 is 5.97 Å². The van der Waals surface area contributed by atoms with Crippen LogP contribution in [0.3, 0.4) is 0 Å². The number of esters is 1. The van der Waals surface area contributed by atoms with Crippen molar-refractivity contribution in [2.75, 3.05) is 19.5 Å². The Morgan fingerprint density at radius 2 is 1.78 bits per heavy atom. The minimum absolute atomic E-state index is 0.171. The molecule has 0 bridgehead atoms. The molecule has 0 radical (unpaired) electrons. The lowest BCUT2D eigenvalue weighted by Crippen LogP contribution is -2.30. The molecular formula is C20H22ClNO5. The van der Waals surface area contributed by atoms with Crippen LogP contribution in [0.2, 0.25) is 5.02 Å². The minimum Gasteiger partial charge on any atom is -0.497 e. The standard InChI is InChI=1S/C20H22ClNO5/c1-13(20(24)22-17-12-15(21)7-10-18(17)26-3)27-19(23)11-6-14-4-8-16(25-2)9-5-14/h4-5,7-10,12-13H,6,11H2,1-3H3,(H,22,24). The number of rotatable bonds is 8. The first-order valence-corrected chi connectivity index (χ1v) is 8.77. The van der Waals surface area contributed by atoms with Crippen LogP contribution in [0, 0.1) is 0 Å². The summed E-state index contributed by atoms with van der Waals surface area (Å²) < 4.78 is 15.5. The Hall–Kier alpha value is -2.73. The van der Waals surface area contributed by atoms with Gasteiger partial charge in [0, 0.05) is 11.4 Å². The third kappa shape index (κ3) is 6.18. The van der Waals surface area contributed by atoms with Crippen LogP contribution in [0.1, 0.15) is 18.9 Å². The highest BCUT2D eigenvalue weighted by Crippen LogP contribution is 2.27. The van der Waals surface area contributed by atoms with E-state index in [0.29, 0.717) is 22.9 Å². The van der Waals surface area contributed by atoms with Crippen molar-refractivity contribution in [1.29, 1.82) is 0 Å². The largest absolute Gasteiger partial charge is 0.497 e. The molecule has 0 aliphatic rings. The molecule has 27 heavy (non-hydrogen) atoms. The van der Waals surface area contributed by atoms with Gasteiger partial charge in [-0.15, -0.1) is 0 Å². The van der Waals surface area contributed by atoms with E-state index < -0.39 is 18.0 Å². The number of halogens is 1. The van der Waals surface area contributed by atoms with Crippen LogP contribution in [-0.2, 0) is 20.7 Å². The van der Waals surface area contributed by atoms with Crippen LogP contribution in [0.5, 0.6) is 11.5 Å². The van der Waals surface area contributed by atoms with Crippen molar-refractivity contribution in [1.82, 2.24) is 0 Å². The van der Waals surface area contributed by atoms with Gasteiger partial charge in [-0.05, 0) is 49.2 Å². The predicted molar refractivity (Wildman–Crippen MR) is 104 cm³/mol. The van der Waals surface area contributed by atoms with Crippen molar-refractivity contribution < 1.29 is 23.8 Å². The third-order valence-electron chi connectivity index (χ3n) is 3.87. The molecule has 144 valence electrons. The van der Waals surface area contributed by atoms with E-state index in [0.717, 1.165) is 11.3 Å². The number of carbonyl (C=O) groups is 2. The highest BCUT2D eigenvalue weighted by molar-refractivity contribution is 6.31. The fourth-order valence-corrected chi connectivity index (χ4v) is 2.53. The molecule has 1 N–H and O–H groups in total. The smallest absolute Gasteiger partial charge is 0.306 e. The first-order chi connectivity index (χ1) is 12.9. The topological polar surface area (TPSA) is 73.9 Å². The summed E-state index contributed by atoms with van der Waals surface area (Å²) in [4.78, 5) is 24.3. The van der Waals surface area contributed by atoms with Crippen LogP contribution < -0.4 is 14.8 Å². The Balaban J connectivity index is 1.86. The molecule has 0 spiro atoms. The summed E-state index contributed by atoms with van der Waals surface area (Å²) in [6, 6.07) is 12.3. The first kappa shape index (κ1) is 20.6. The van der Waals surface area contributed by atoms with Crippen LogP contribution >= 0.6 is 11.6 Å². The van der Waals surface area contributed by atoms with E-state index in [1.807, 2.05) is 24.3 Å². The fourth-order valence-electron chi connectivity index (χ4n) is 2.36. The normalized spacial score (nSPS) is 11.4. The summed E-state index contributed by atoms with van der Waals surface area (Å²) in [7, 11) is 3.08. The summed E-state index contributed by atoms with van der Waals surface area (Å²) in [5.74, 6) is 0.300. The van der Waals surface area contributed by atoms with Gasteiger partial charge in [0.2, 0.25) is 0 Å². The maximum atomic E-state index is 12.3. The number of amides is 1. The van der Waals surface area contributed by atoms with Crippen LogP contribution in [-0.4, -0.2) is 32.2 Å².